The fourth-order valence-corrected chi connectivity index (χ4v) is 2.61. The van der Waals surface area contributed by atoms with E-state index in [1.807, 2.05) is 16.8 Å². The topological polar surface area (TPSA) is 52.3 Å². The molecule has 2 N–H and O–H groups in total. The lowest BCUT2D eigenvalue weighted by atomic mass is 10.2. The highest BCUT2D eigenvalue weighted by atomic mass is 79.9. The molecule has 0 aliphatic carbocycles. The lowest BCUT2D eigenvalue weighted by Gasteiger charge is -2.07. The Morgan fingerprint density at radius 2 is 2.22 bits per heavy atom. The number of carbonyl (C=O) groups excluding carboxylic acids is 1. The van der Waals surface area contributed by atoms with Gasteiger partial charge in [0.15, 0.2) is 0 Å². The molecule has 94 valence electrons. The van der Waals surface area contributed by atoms with Gasteiger partial charge in [0, 0.05) is 12.1 Å². The Bertz CT molecular complexity index is 540. The summed E-state index contributed by atoms with van der Waals surface area (Å²) < 4.78 is 5.81. The molecule has 0 atom stereocenters. The van der Waals surface area contributed by atoms with Gasteiger partial charge in [0.05, 0.1) is 16.6 Å². The maximum Gasteiger partial charge on any atom is 0.339 e. The molecule has 2 aromatic rings. The van der Waals surface area contributed by atoms with Crippen LogP contribution in [0.1, 0.15) is 15.9 Å². The Balaban J connectivity index is 1.93. The van der Waals surface area contributed by atoms with Crippen molar-refractivity contribution in [3.63, 3.8) is 0 Å². The minimum atomic E-state index is -0.357. The molecule has 0 aliphatic rings. The highest BCUT2D eigenvalue weighted by Gasteiger charge is 2.12. The Morgan fingerprint density at radius 3 is 2.94 bits per heavy atom. The largest absolute Gasteiger partial charge is 0.462 e. The first-order valence-electron chi connectivity index (χ1n) is 5.40. The molecular formula is C13H12BrNO2S. The number of thiophene rings is 1. The van der Waals surface area contributed by atoms with E-state index in [0.29, 0.717) is 22.3 Å². The van der Waals surface area contributed by atoms with E-state index in [-0.39, 0.29) is 5.97 Å². The summed E-state index contributed by atoms with van der Waals surface area (Å²) >= 11 is 4.92. The second kappa shape index (κ2) is 6.02. The van der Waals surface area contributed by atoms with E-state index >= 15 is 0 Å². The number of benzene rings is 1. The molecule has 0 amide bonds. The van der Waals surface area contributed by atoms with Gasteiger partial charge in [0.1, 0.15) is 0 Å². The predicted molar refractivity (Wildman–Crippen MR) is 76.9 cm³/mol. The Hall–Kier alpha value is -1.33. The number of nitrogen functional groups attached to an aromatic ring is 1. The summed E-state index contributed by atoms with van der Waals surface area (Å²) in [5.41, 5.74) is 7.88. The van der Waals surface area contributed by atoms with Gasteiger partial charge >= 0.3 is 5.97 Å². The maximum atomic E-state index is 11.8. The van der Waals surface area contributed by atoms with Gasteiger partial charge in [0.2, 0.25) is 0 Å². The molecule has 0 radical (unpaired) electrons. The Kier molecular flexibility index (Phi) is 4.38. The van der Waals surface area contributed by atoms with Crippen LogP contribution in [-0.4, -0.2) is 12.6 Å². The van der Waals surface area contributed by atoms with Gasteiger partial charge in [0.25, 0.3) is 0 Å². The van der Waals surface area contributed by atoms with E-state index in [2.05, 4.69) is 15.9 Å². The van der Waals surface area contributed by atoms with Gasteiger partial charge in [-0.1, -0.05) is 6.07 Å². The van der Waals surface area contributed by atoms with Crippen LogP contribution in [0.5, 0.6) is 0 Å². The fraction of sp³-hybridized carbons (Fsp3) is 0.154. The molecule has 0 saturated heterocycles. The van der Waals surface area contributed by atoms with E-state index in [9.17, 15) is 4.79 Å². The molecule has 0 bridgehead atoms. The van der Waals surface area contributed by atoms with Crippen molar-refractivity contribution in [1.82, 2.24) is 0 Å². The van der Waals surface area contributed by atoms with Gasteiger partial charge < -0.3 is 10.5 Å². The third kappa shape index (κ3) is 3.11. The predicted octanol–water partition coefficient (Wildman–Crippen LogP) is 3.49. The van der Waals surface area contributed by atoms with Crippen molar-refractivity contribution in [2.24, 2.45) is 0 Å². The molecule has 5 heteroatoms. The van der Waals surface area contributed by atoms with Crippen LogP contribution in [0.25, 0.3) is 0 Å². The molecule has 1 aromatic heterocycles. The number of ether oxygens (including phenoxy) is 1. The third-order valence-electron chi connectivity index (χ3n) is 2.45. The second-order valence-electron chi connectivity index (χ2n) is 3.73. The van der Waals surface area contributed by atoms with Crippen molar-refractivity contribution in [2.75, 3.05) is 12.3 Å². The highest BCUT2D eigenvalue weighted by Crippen LogP contribution is 2.24. The van der Waals surface area contributed by atoms with Crippen LogP contribution < -0.4 is 5.73 Å². The first kappa shape index (κ1) is 13.1. The number of anilines is 1. The zero-order valence-electron chi connectivity index (χ0n) is 9.56. The van der Waals surface area contributed by atoms with Gasteiger partial charge in [-0.3, -0.25) is 0 Å². The molecule has 0 spiro atoms. The van der Waals surface area contributed by atoms with Crippen molar-refractivity contribution >= 4 is 38.9 Å². The standard InChI is InChI=1S/C13H12BrNO2S/c14-12-10(2-1-3-11(12)15)13(16)17-6-4-9-5-7-18-8-9/h1-3,5,7-8H,4,6,15H2. The smallest absolute Gasteiger partial charge is 0.339 e. The summed E-state index contributed by atoms with van der Waals surface area (Å²) in [6.45, 7) is 0.372. The van der Waals surface area contributed by atoms with Crippen LogP contribution in [0.3, 0.4) is 0 Å². The molecule has 0 aliphatic heterocycles. The summed E-state index contributed by atoms with van der Waals surface area (Å²) in [6, 6.07) is 7.17. The molecule has 0 unspecified atom stereocenters. The molecule has 1 heterocycles. The lowest BCUT2D eigenvalue weighted by Crippen LogP contribution is -2.09. The zero-order valence-corrected chi connectivity index (χ0v) is 12.0. The van der Waals surface area contributed by atoms with E-state index in [0.717, 1.165) is 6.42 Å². The van der Waals surface area contributed by atoms with E-state index in [1.54, 1.807) is 29.5 Å². The SMILES string of the molecule is Nc1cccc(C(=O)OCCc2ccsc2)c1Br. The lowest BCUT2D eigenvalue weighted by molar-refractivity contribution is 0.0508. The summed E-state index contributed by atoms with van der Waals surface area (Å²) in [5, 5.41) is 4.05. The van der Waals surface area contributed by atoms with Gasteiger partial charge in [-0.05, 0) is 50.5 Å². The minimum absolute atomic E-state index is 0.357. The van der Waals surface area contributed by atoms with Crippen LogP contribution in [0.2, 0.25) is 0 Å². The quantitative estimate of drug-likeness (QED) is 0.691. The van der Waals surface area contributed by atoms with Crippen molar-refractivity contribution in [2.45, 2.75) is 6.42 Å². The molecule has 2 rings (SSSR count). The van der Waals surface area contributed by atoms with Crippen molar-refractivity contribution in [3.8, 4) is 0 Å². The third-order valence-corrected chi connectivity index (χ3v) is 4.07. The van der Waals surface area contributed by atoms with E-state index in [4.69, 9.17) is 10.5 Å². The van der Waals surface area contributed by atoms with Crippen LogP contribution in [-0.2, 0) is 11.2 Å². The first-order chi connectivity index (χ1) is 8.68. The summed E-state index contributed by atoms with van der Waals surface area (Å²) in [7, 11) is 0. The molecule has 1 aromatic carbocycles. The average molecular weight is 326 g/mol. The zero-order chi connectivity index (χ0) is 13.0. The fourth-order valence-electron chi connectivity index (χ4n) is 1.48. The Labute approximate surface area is 118 Å². The number of carbonyl (C=O) groups is 1. The summed E-state index contributed by atoms with van der Waals surface area (Å²) in [5.74, 6) is -0.357. The van der Waals surface area contributed by atoms with Gasteiger partial charge in [-0.2, -0.15) is 11.3 Å². The number of hydrogen-bond acceptors (Lipinski definition) is 4. The Morgan fingerprint density at radius 1 is 1.39 bits per heavy atom. The number of halogens is 1. The number of hydrogen-bond donors (Lipinski definition) is 1. The average Bonchev–Trinajstić information content (AvgIpc) is 2.85. The van der Waals surface area contributed by atoms with Crippen LogP contribution in [0.4, 0.5) is 5.69 Å². The van der Waals surface area contributed by atoms with Gasteiger partial charge in [-0.15, -0.1) is 0 Å². The molecule has 0 fully saturated rings. The molecular weight excluding hydrogens is 314 g/mol. The summed E-state index contributed by atoms with van der Waals surface area (Å²) in [4.78, 5) is 11.8. The van der Waals surface area contributed by atoms with E-state index in [1.165, 1.54) is 5.56 Å². The van der Waals surface area contributed by atoms with Crippen LogP contribution >= 0.6 is 27.3 Å². The molecule has 18 heavy (non-hydrogen) atoms. The van der Waals surface area contributed by atoms with Crippen molar-refractivity contribution in [1.29, 1.82) is 0 Å². The number of rotatable bonds is 4. The maximum absolute atomic E-state index is 11.8. The minimum Gasteiger partial charge on any atom is -0.462 e. The molecule has 3 nitrogen and oxygen atoms in total. The normalized spacial score (nSPS) is 10.3. The number of esters is 1. The van der Waals surface area contributed by atoms with Crippen molar-refractivity contribution in [3.05, 3.63) is 50.6 Å². The number of nitrogens with two attached hydrogens (primary N) is 1. The van der Waals surface area contributed by atoms with Gasteiger partial charge in [-0.25, -0.2) is 4.79 Å². The van der Waals surface area contributed by atoms with E-state index < -0.39 is 0 Å². The molecule has 0 saturated carbocycles. The first-order valence-corrected chi connectivity index (χ1v) is 7.14. The van der Waals surface area contributed by atoms with Crippen LogP contribution in [0, 0.1) is 0 Å². The second-order valence-corrected chi connectivity index (χ2v) is 5.30. The summed E-state index contributed by atoms with van der Waals surface area (Å²) in [6.07, 6.45) is 0.731. The highest BCUT2D eigenvalue weighted by molar-refractivity contribution is 9.10. The van der Waals surface area contributed by atoms with Crippen LogP contribution in [0.15, 0.2) is 39.5 Å². The van der Waals surface area contributed by atoms with Crippen molar-refractivity contribution < 1.29 is 9.53 Å². The monoisotopic (exact) mass is 325 g/mol.